The predicted molar refractivity (Wildman–Crippen MR) is 105 cm³/mol. The van der Waals surface area contributed by atoms with Crippen molar-refractivity contribution in [1.29, 1.82) is 0 Å². The zero-order valence-corrected chi connectivity index (χ0v) is 18.0. The Kier molecular flexibility index (Phi) is 14.8. The molecule has 0 radical (unpaired) electrons. The summed E-state index contributed by atoms with van der Waals surface area (Å²) >= 11 is 0. The molecule has 0 bridgehead atoms. The fourth-order valence-corrected chi connectivity index (χ4v) is 1.55. The van der Waals surface area contributed by atoms with Gasteiger partial charge in [0.25, 0.3) is 0 Å². The Hall–Kier alpha value is -0.980. The Morgan fingerprint density at radius 2 is 1.69 bits per heavy atom. The molecule has 0 aromatic heterocycles. The van der Waals surface area contributed by atoms with E-state index < -0.39 is 24.5 Å². The second-order valence-electron chi connectivity index (χ2n) is 6.14. The number of aliphatic imine (C=N–C) groups is 1. The van der Waals surface area contributed by atoms with Crippen molar-refractivity contribution in [2.24, 2.45) is 4.99 Å². The number of nitrogens with one attached hydrogen (secondary N) is 3. The first-order chi connectivity index (χ1) is 11.5. The zero-order valence-electron chi connectivity index (χ0n) is 15.7. The summed E-state index contributed by atoms with van der Waals surface area (Å²) in [6.07, 6.45) is -4.43. The van der Waals surface area contributed by atoms with Gasteiger partial charge in [0.15, 0.2) is 5.96 Å². The fourth-order valence-electron chi connectivity index (χ4n) is 1.55. The Morgan fingerprint density at radius 1 is 1.08 bits per heavy atom. The van der Waals surface area contributed by atoms with Crippen LogP contribution in [0.25, 0.3) is 0 Å². The number of nitrogens with zero attached hydrogens (tertiary/aromatic N) is 1. The number of ether oxygens (including phenoxy) is 2. The number of guanidine groups is 1. The molecule has 0 fully saturated rings. The summed E-state index contributed by atoms with van der Waals surface area (Å²) in [5.74, 6) is 0.518. The highest BCUT2D eigenvalue weighted by Crippen LogP contribution is 2.14. The third kappa shape index (κ3) is 19.3. The summed E-state index contributed by atoms with van der Waals surface area (Å²) in [5, 5.41) is 8.60. The smallest absolute Gasteiger partial charge is 0.411 e. The molecule has 0 aliphatic rings. The van der Waals surface area contributed by atoms with E-state index in [1.54, 1.807) is 20.8 Å². The molecule has 0 unspecified atom stereocenters. The maximum absolute atomic E-state index is 11.9. The van der Waals surface area contributed by atoms with Crippen LogP contribution in [0.15, 0.2) is 4.99 Å². The molecule has 0 aromatic rings. The Morgan fingerprint density at radius 3 is 2.23 bits per heavy atom. The van der Waals surface area contributed by atoms with Crippen LogP contribution >= 0.6 is 24.0 Å². The van der Waals surface area contributed by atoms with Crippen molar-refractivity contribution in [3.8, 4) is 0 Å². The molecule has 0 atom stereocenters. The summed E-state index contributed by atoms with van der Waals surface area (Å²) < 4.78 is 45.3. The van der Waals surface area contributed by atoms with Crippen LogP contribution in [0.1, 0.15) is 34.1 Å². The molecule has 26 heavy (non-hydrogen) atoms. The van der Waals surface area contributed by atoms with Gasteiger partial charge in [-0.25, -0.2) is 4.79 Å². The van der Waals surface area contributed by atoms with Crippen molar-refractivity contribution in [3.05, 3.63) is 0 Å². The second kappa shape index (κ2) is 14.1. The molecule has 0 aromatic carbocycles. The van der Waals surface area contributed by atoms with Crippen LogP contribution in [0.2, 0.25) is 0 Å². The summed E-state index contributed by atoms with van der Waals surface area (Å²) in [4.78, 5) is 15.7. The van der Waals surface area contributed by atoms with Gasteiger partial charge in [-0.3, -0.25) is 4.99 Å². The van der Waals surface area contributed by atoms with Crippen LogP contribution in [-0.4, -0.2) is 63.2 Å². The molecule has 1 amide bonds. The first kappa shape index (κ1) is 27.2. The van der Waals surface area contributed by atoms with Gasteiger partial charge in [-0.2, -0.15) is 13.2 Å². The Labute approximate surface area is 169 Å². The number of carbonyl (C=O) groups is 1. The summed E-state index contributed by atoms with van der Waals surface area (Å²) in [6, 6.07) is 0. The third-order valence-electron chi connectivity index (χ3n) is 2.41. The largest absolute Gasteiger partial charge is 0.444 e. The number of alkyl carbamates (subject to hydrolysis) is 1. The lowest BCUT2D eigenvalue weighted by Gasteiger charge is -2.19. The van der Waals surface area contributed by atoms with Crippen LogP contribution in [0.4, 0.5) is 18.0 Å². The first-order valence-electron chi connectivity index (χ1n) is 8.17. The number of alkyl halides is 3. The normalized spacial score (nSPS) is 12.2. The highest BCUT2D eigenvalue weighted by molar-refractivity contribution is 14.0. The molecular formula is C15H30F3IN4O3. The molecule has 156 valence electrons. The Balaban J connectivity index is 0. The SMILES string of the molecule is CCNC(=NCCCOCC(F)(F)F)NCCNC(=O)OC(C)(C)C.I. The van der Waals surface area contributed by atoms with Gasteiger partial charge in [-0.15, -0.1) is 24.0 Å². The van der Waals surface area contributed by atoms with Gasteiger partial charge in [0.1, 0.15) is 12.2 Å². The van der Waals surface area contributed by atoms with Crippen LogP contribution in [0, 0.1) is 0 Å². The molecule has 0 saturated heterocycles. The van der Waals surface area contributed by atoms with Crippen molar-refractivity contribution >= 4 is 36.0 Å². The van der Waals surface area contributed by atoms with Crippen LogP contribution in [0.3, 0.4) is 0 Å². The molecule has 0 rings (SSSR count). The first-order valence-corrected chi connectivity index (χ1v) is 8.17. The third-order valence-corrected chi connectivity index (χ3v) is 2.41. The minimum atomic E-state index is -4.30. The van der Waals surface area contributed by atoms with E-state index in [1.165, 1.54) is 0 Å². The van der Waals surface area contributed by atoms with Gasteiger partial charge in [0.05, 0.1) is 0 Å². The monoisotopic (exact) mass is 498 g/mol. The van der Waals surface area contributed by atoms with E-state index in [1.807, 2.05) is 6.92 Å². The van der Waals surface area contributed by atoms with E-state index in [0.29, 0.717) is 38.6 Å². The summed E-state index contributed by atoms with van der Waals surface area (Å²) in [7, 11) is 0. The lowest BCUT2D eigenvalue weighted by molar-refractivity contribution is -0.173. The van der Waals surface area contributed by atoms with E-state index in [0.717, 1.165) is 0 Å². The summed E-state index contributed by atoms with van der Waals surface area (Å²) in [6.45, 7) is 7.69. The molecule has 0 heterocycles. The maximum atomic E-state index is 11.9. The molecule has 0 saturated carbocycles. The lowest BCUT2D eigenvalue weighted by Crippen LogP contribution is -2.42. The van der Waals surface area contributed by atoms with Gasteiger partial charge in [0, 0.05) is 32.8 Å². The van der Waals surface area contributed by atoms with Gasteiger partial charge in [-0.1, -0.05) is 0 Å². The van der Waals surface area contributed by atoms with Crippen LogP contribution in [0.5, 0.6) is 0 Å². The van der Waals surface area contributed by atoms with Gasteiger partial charge in [-0.05, 0) is 34.1 Å². The number of hydrogen-bond acceptors (Lipinski definition) is 4. The number of carbonyl (C=O) groups excluding carboxylic acids is 1. The van der Waals surface area contributed by atoms with Crippen LogP contribution in [-0.2, 0) is 9.47 Å². The van der Waals surface area contributed by atoms with E-state index >= 15 is 0 Å². The van der Waals surface area contributed by atoms with Gasteiger partial charge < -0.3 is 25.4 Å². The quantitative estimate of drug-likeness (QED) is 0.197. The molecule has 7 nitrogen and oxygen atoms in total. The van der Waals surface area contributed by atoms with Crippen molar-refractivity contribution < 1.29 is 27.4 Å². The van der Waals surface area contributed by atoms with E-state index in [9.17, 15) is 18.0 Å². The van der Waals surface area contributed by atoms with Crippen molar-refractivity contribution in [2.45, 2.75) is 45.9 Å². The highest BCUT2D eigenvalue weighted by atomic mass is 127. The average Bonchev–Trinajstić information content (AvgIpc) is 2.44. The number of hydrogen-bond donors (Lipinski definition) is 3. The molecule has 0 aliphatic heterocycles. The molecule has 0 spiro atoms. The topological polar surface area (TPSA) is 84.0 Å². The highest BCUT2D eigenvalue weighted by Gasteiger charge is 2.27. The van der Waals surface area contributed by atoms with E-state index in [4.69, 9.17) is 4.74 Å². The fraction of sp³-hybridized carbons (Fsp3) is 0.867. The molecule has 0 aliphatic carbocycles. The van der Waals surface area contributed by atoms with Crippen molar-refractivity contribution in [2.75, 3.05) is 39.4 Å². The zero-order chi connectivity index (χ0) is 19.3. The van der Waals surface area contributed by atoms with Crippen LogP contribution < -0.4 is 16.0 Å². The number of rotatable bonds is 9. The Bertz CT molecular complexity index is 416. The van der Waals surface area contributed by atoms with E-state index in [-0.39, 0.29) is 30.6 Å². The van der Waals surface area contributed by atoms with E-state index in [2.05, 4.69) is 25.7 Å². The van der Waals surface area contributed by atoms with Crippen molar-refractivity contribution in [1.82, 2.24) is 16.0 Å². The molecular weight excluding hydrogens is 468 g/mol. The molecule has 11 heteroatoms. The minimum absolute atomic E-state index is 0. The van der Waals surface area contributed by atoms with Gasteiger partial charge in [0.2, 0.25) is 0 Å². The maximum Gasteiger partial charge on any atom is 0.411 e. The predicted octanol–water partition coefficient (Wildman–Crippen LogP) is 2.65. The van der Waals surface area contributed by atoms with Crippen molar-refractivity contribution in [3.63, 3.8) is 0 Å². The minimum Gasteiger partial charge on any atom is -0.444 e. The standard InChI is InChI=1S/C15H29F3N4O3.HI/c1-5-19-12(20-7-6-10-24-11-15(16,17)18)21-8-9-22-13(23)25-14(2,3)4;/h5-11H2,1-4H3,(H,22,23)(H2,19,20,21);1H. The van der Waals surface area contributed by atoms with Gasteiger partial charge >= 0.3 is 12.3 Å². The average molecular weight is 498 g/mol. The number of amides is 1. The lowest BCUT2D eigenvalue weighted by atomic mass is 10.2. The second-order valence-corrected chi connectivity index (χ2v) is 6.14. The number of halogens is 4. The summed E-state index contributed by atoms with van der Waals surface area (Å²) in [5.41, 5.74) is -0.553. The molecule has 3 N–H and O–H groups in total.